The zero-order valence-corrected chi connectivity index (χ0v) is 7.91. The number of hydrogen-bond acceptors (Lipinski definition) is 2. The first-order chi connectivity index (χ1) is 6.77. The maximum absolute atomic E-state index is 13.7. The van der Waals surface area contributed by atoms with Gasteiger partial charge in [0.05, 0.1) is 0 Å². The van der Waals surface area contributed by atoms with Crippen LogP contribution >= 0.6 is 0 Å². The van der Waals surface area contributed by atoms with E-state index >= 15 is 0 Å². The van der Waals surface area contributed by atoms with Crippen molar-refractivity contribution in [2.75, 3.05) is 13.1 Å². The molecular formula is C11H14FNO. The van der Waals surface area contributed by atoms with E-state index in [4.69, 9.17) is 0 Å². The molecule has 0 aromatic heterocycles. The van der Waals surface area contributed by atoms with Crippen LogP contribution in [0.3, 0.4) is 0 Å². The van der Waals surface area contributed by atoms with Crippen molar-refractivity contribution in [3.63, 3.8) is 0 Å². The van der Waals surface area contributed by atoms with E-state index in [9.17, 15) is 9.50 Å². The Morgan fingerprint density at radius 3 is 2.71 bits per heavy atom. The summed E-state index contributed by atoms with van der Waals surface area (Å²) in [5.41, 5.74) is 0.416. The van der Waals surface area contributed by atoms with Crippen molar-refractivity contribution in [1.82, 2.24) is 5.32 Å². The lowest BCUT2D eigenvalue weighted by Gasteiger charge is -2.28. The van der Waals surface area contributed by atoms with Crippen molar-refractivity contribution in [3.05, 3.63) is 29.8 Å². The molecule has 1 atom stereocenters. The van der Waals surface area contributed by atoms with Crippen LogP contribution in [-0.2, 0) is 0 Å². The largest absolute Gasteiger partial charge is 0.508 e. The minimum absolute atomic E-state index is 0.0623. The van der Waals surface area contributed by atoms with Gasteiger partial charge in [-0.05, 0) is 31.5 Å². The van der Waals surface area contributed by atoms with E-state index in [0.717, 1.165) is 13.1 Å². The molecule has 0 bridgehead atoms. The monoisotopic (exact) mass is 195 g/mol. The van der Waals surface area contributed by atoms with Gasteiger partial charge in [-0.25, -0.2) is 4.39 Å². The molecule has 1 fully saturated rings. The molecule has 0 amide bonds. The number of phenolic OH excluding ortho intramolecular Hbond substituents is 1. The highest BCUT2D eigenvalue weighted by molar-refractivity contribution is 5.33. The summed E-state index contributed by atoms with van der Waals surface area (Å²) in [6, 6.07) is 6.63. The summed E-state index contributed by atoms with van der Waals surface area (Å²) in [5, 5.41) is 12.5. The van der Waals surface area contributed by atoms with E-state index in [1.807, 2.05) is 0 Å². The summed E-state index contributed by atoms with van der Waals surface area (Å²) in [5.74, 6) is 0.483. The third kappa shape index (κ3) is 1.87. The first kappa shape index (κ1) is 9.46. The Bertz CT molecular complexity index is 312. The third-order valence-corrected chi connectivity index (χ3v) is 2.68. The predicted octanol–water partition coefficient (Wildman–Crippen LogP) is 2.01. The lowest BCUT2D eigenvalue weighted by Crippen LogP contribution is -2.42. The van der Waals surface area contributed by atoms with Crippen molar-refractivity contribution < 1.29 is 9.50 Å². The molecule has 76 valence electrons. The predicted molar refractivity (Wildman–Crippen MR) is 52.9 cm³/mol. The van der Waals surface area contributed by atoms with Crippen LogP contribution in [0.15, 0.2) is 24.3 Å². The van der Waals surface area contributed by atoms with Crippen LogP contribution in [0.5, 0.6) is 5.75 Å². The van der Waals surface area contributed by atoms with Crippen molar-refractivity contribution in [2.24, 2.45) is 5.92 Å². The lowest BCUT2D eigenvalue weighted by molar-refractivity contribution is 0.221. The van der Waals surface area contributed by atoms with Gasteiger partial charge in [-0.2, -0.15) is 0 Å². The zero-order chi connectivity index (χ0) is 9.97. The van der Waals surface area contributed by atoms with Gasteiger partial charge >= 0.3 is 0 Å². The Hall–Kier alpha value is -1.09. The molecule has 1 aliphatic heterocycles. The number of hydrogen-bond donors (Lipinski definition) is 2. The van der Waals surface area contributed by atoms with Crippen molar-refractivity contribution in [3.8, 4) is 5.75 Å². The highest BCUT2D eigenvalue weighted by Crippen LogP contribution is 2.32. The third-order valence-electron chi connectivity index (χ3n) is 2.68. The molecule has 1 saturated heterocycles. The first-order valence-corrected chi connectivity index (χ1v) is 4.90. The van der Waals surface area contributed by atoms with Crippen LogP contribution in [0.2, 0.25) is 0 Å². The second kappa shape index (κ2) is 3.96. The highest BCUT2D eigenvalue weighted by atomic mass is 19.1. The van der Waals surface area contributed by atoms with Crippen molar-refractivity contribution in [1.29, 1.82) is 0 Å². The molecule has 0 spiro atoms. The number of aromatic hydroxyl groups is 1. The van der Waals surface area contributed by atoms with E-state index in [1.165, 1.54) is 6.07 Å². The van der Waals surface area contributed by atoms with E-state index in [2.05, 4.69) is 5.32 Å². The average molecular weight is 195 g/mol. The molecular weight excluding hydrogens is 181 g/mol. The van der Waals surface area contributed by atoms with Gasteiger partial charge < -0.3 is 10.4 Å². The second-order valence-corrected chi connectivity index (χ2v) is 3.79. The highest BCUT2D eigenvalue weighted by Gasteiger charge is 2.23. The van der Waals surface area contributed by atoms with E-state index < -0.39 is 6.17 Å². The number of benzene rings is 1. The smallest absolute Gasteiger partial charge is 0.129 e. The van der Waals surface area contributed by atoms with Crippen LogP contribution in [0, 0.1) is 5.92 Å². The summed E-state index contributed by atoms with van der Waals surface area (Å²) in [4.78, 5) is 0. The Kier molecular flexibility index (Phi) is 2.68. The summed E-state index contributed by atoms with van der Waals surface area (Å²) in [6.07, 6.45) is -0.534. The van der Waals surface area contributed by atoms with Crippen LogP contribution in [0.1, 0.15) is 18.2 Å². The number of rotatable bonds is 3. The van der Waals surface area contributed by atoms with Gasteiger partial charge in [0.25, 0.3) is 0 Å². The van der Waals surface area contributed by atoms with Gasteiger partial charge in [-0.1, -0.05) is 18.2 Å². The van der Waals surface area contributed by atoms with E-state index in [0.29, 0.717) is 17.9 Å². The molecule has 1 aromatic carbocycles. The molecule has 1 heterocycles. The maximum Gasteiger partial charge on any atom is 0.129 e. The van der Waals surface area contributed by atoms with Gasteiger partial charge in [-0.15, -0.1) is 0 Å². The maximum atomic E-state index is 13.7. The standard InChI is InChI=1S/C11H14FNO/c12-10(5-8-6-13-7-8)9-3-1-2-4-11(9)14/h1-4,8,10,13-14H,5-7H2. The fraction of sp³-hybridized carbons (Fsp3) is 0.455. The summed E-state index contributed by atoms with van der Waals surface area (Å²) in [6.45, 7) is 1.79. The zero-order valence-electron chi connectivity index (χ0n) is 7.91. The SMILES string of the molecule is Oc1ccccc1C(F)CC1CNC1. The molecule has 1 aliphatic rings. The molecule has 0 saturated carbocycles. The fourth-order valence-electron chi connectivity index (χ4n) is 1.69. The van der Waals surface area contributed by atoms with Crippen LogP contribution in [-0.4, -0.2) is 18.2 Å². The Morgan fingerprint density at radius 2 is 2.14 bits per heavy atom. The van der Waals surface area contributed by atoms with E-state index in [-0.39, 0.29) is 5.75 Å². The van der Waals surface area contributed by atoms with Gasteiger partial charge in [0, 0.05) is 5.56 Å². The van der Waals surface area contributed by atoms with Gasteiger partial charge in [0.15, 0.2) is 0 Å². The van der Waals surface area contributed by atoms with Crippen molar-refractivity contribution in [2.45, 2.75) is 12.6 Å². The number of para-hydroxylation sites is 1. The Balaban J connectivity index is 2.02. The number of halogens is 1. The molecule has 0 aliphatic carbocycles. The van der Waals surface area contributed by atoms with E-state index in [1.54, 1.807) is 18.2 Å². The second-order valence-electron chi connectivity index (χ2n) is 3.79. The minimum Gasteiger partial charge on any atom is -0.508 e. The average Bonchev–Trinajstić information content (AvgIpc) is 2.12. The Labute approximate surface area is 82.8 Å². The van der Waals surface area contributed by atoms with Crippen LogP contribution in [0.4, 0.5) is 4.39 Å². The number of alkyl halides is 1. The molecule has 3 heteroatoms. The Morgan fingerprint density at radius 1 is 1.43 bits per heavy atom. The molecule has 1 aromatic rings. The quantitative estimate of drug-likeness (QED) is 0.773. The normalized spacial score (nSPS) is 18.9. The topological polar surface area (TPSA) is 32.3 Å². The first-order valence-electron chi connectivity index (χ1n) is 4.90. The lowest BCUT2D eigenvalue weighted by atomic mass is 9.93. The molecule has 2 rings (SSSR count). The van der Waals surface area contributed by atoms with Gasteiger partial charge in [0.1, 0.15) is 11.9 Å². The van der Waals surface area contributed by atoms with Gasteiger partial charge in [-0.3, -0.25) is 0 Å². The summed E-state index contributed by atoms with van der Waals surface area (Å²) < 4.78 is 13.7. The molecule has 1 unspecified atom stereocenters. The number of phenols is 1. The summed E-state index contributed by atoms with van der Waals surface area (Å²) >= 11 is 0. The van der Waals surface area contributed by atoms with Crippen LogP contribution in [0.25, 0.3) is 0 Å². The number of nitrogens with one attached hydrogen (secondary N) is 1. The minimum atomic E-state index is -1.04. The van der Waals surface area contributed by atoms with Crippen LogP contribution < -0.4 is 5.32 Å². The molecule has 14 heavy (non-hydrogen) atoms. The summed E-state index contributed by atoms with van der Waals surface area (Å²) in [7, 11) is 0. The fourth-order valence-corrected chi connectivity index (χ4v) is 1.69. The molecule has 2 nitrogen and oxygen atoms in total. The molecule has 0 radical (unpaired) electrons. The van der Waals surface area contributed by atoms with Gasteiger partial charge in [0.2, 0.25) is 0 Å². The van der Waals surface area contributed by atoms with Crippen molar-refractivity contribution >= 4 is 0 Å². The molecule has 2 N–H and O–H groups in total.